The molecule has 0 unspecified atom stereocenters. The largest absolute Gasteiger partial charge is 0.457 e. The highest BCUT2D eigenvalue weighted by Gasteiger charge is 2.25. The van der Waals surface area contributed by atoms with E-state index in [0.29, 0.717) is 11.8 Å². The molecule has 0 atom stereocenters. The van der Waals surface area contributed by atoms with E-state index in [2.05, 4.69) is 60.3 Å². The molecule has 1 aliphatic rings. The molecule has 0 aromatic heterocycles. The van der Waals surface area contributed by atoms with Crippen LogP contribution in [0.1, 0.15) is 57.2 Å². The Morgan fingerprint density at radius 1 is 1.00 bits per heavy atom. The molecule has 0 bridgehead atoms. The first-order chi connectivity index (χ1) is 8.84. The Bertz CT molecular complexity index is 559. The van der Waals surface area contributed by atoms with E-state index in [1.54, 1.807) is 0 Å². The Kier molecular flexibility index (Phi) is 3.58. The Labute approximate surface area is 117 Å². The molecule has 1 heteroatoms. The van der Waals surface area contributed by atoms with Crippen molar-refractivity contribution in [3.63, 3.8) is 0 Å². The summed E-state index contributed by atoms with van der Waals surface area (Å²) in [6, 6.07) is 4.43. The number of ether oxygens (including phenoxy) is 1. The summed E-state index contributed by atoms with van der Waals surface area (Å²) >= 11 is 0. The van der Waals surface area contributed by atoms with Crippen molar-refractivity contribution in [2.75, 3.05) is 0 Å². The van der Waals surface area contributed by atoms with E-state index >= 15 is 0 Å². The zero-order chi connectivity index (χ0) is 14.3. The third kappa shape index (κ3) is 2.22. The molecule has 1 aromatic rings. The maximum absolute atomic E-state index is 6.05. The van der Waals surface area contributed by atoms with Crippen molar-refractivity contribution in [1.29, 1.82) is 0 Å². The van der Waals surface area contributed by atoms with Crippen molar-refractivity contribution in [2.24, 2.45) is 5.92 Å². The molecule has 1 aromatic carbocycles. The minimum atomic E-state index is 0.436. The van der Waals surface area contributed by atoms with Crippen LogP contribution in [0, 0.1) is 12.8 Å². The summed E-state index contributed by atoms with van der Waals surface area (Å²) in [4.78, 5) is 0. The Balaban J connectivity index is 2.67. The fourth-order valence-electron chi connectivity index (χ4n) is 3.05. The highest BCUT2D eigenvalue weighted by molar-refractivity contribution is 5.78. The van der Waals surface area contributed by atoms with Gasteiger partial charge in [-0.2, -0.15) is 0 Å². The average molecular weight is 256 g/mol. The lowest BCUT2D eigenvalue weighted by atomic mass is 9.86. The van der Waals surface area contributed by atoms with Gasteiger partial charge in [0, 0.05) is 11.1 Å². The second-order valence-corrected chi connectivity index (χ2v) is 6.03. The number of fused-ring (bicyclic) bond motifs is 1. The maximum atomic E-state index is 6.05. The fraction of sp³-hybridized carbons (Fsp3) is 0.444. The van der Waals surface area contributed by atoms with Gasteiger partial charge in [0.25, 0.3) is 0 Å². The van der Waals surface area contributed by atoms with Crippen LogP contribution < -0.4 is 4.74 Å². The van der Waals surface area contributed by atoms with Gasteiger partial charge in [0.05, 0.1) is 0 Å². The number of rotatable bonds is 2. The summed E-state index contributed by atoms with van der Waals surface area (Å²) in [5.41, 5.74) is 6.37. The molecule has 0 amide bonds. The van der Waals surface area contributed by atoms with Gasteiger partial charge in [0.1, 0.15) is 11.5 Å². The summed E-state index contributed by atoms with van der Waals surface area (Å²) in [6.07, 6.45) is 0. The maximum Gasteiger partial charge on any atom is 0.138 e. The van der Waals surface area contributed by atoms with Gasteiger partial charge >= 0.3 is 0 Å². The lowest BCUT2D eigenvalue weighted by Crippen LogP contribution is -2.13. The molecule has 0 saturated carbocycles. The van der Waals surface area contributed by atoms with Gasteiger partial charge in [-0.15, -0.1) is 0 Å². The van der Waals surface area contributed by atoms with E-state index in [9.17, 15) is 0 Å². The van der Waals surface area contributed by atoms with Crippen LogP contribution in [0.3, 0.4) is 0 Å². The van der Waals surface area contributed by atoms with Gasteiger partial charge < -0.3 is 4.74 Å². The third-order valence-corrected chi connectivity index (χ3v) is 3.98. The van der Waals surface area contributed by atoms with Gasteiger partial charge in [-0.05, 0) is 42.4 Å². The molecule has 0 aliphatic carbocycles. The van der Waals surface area contributed by atoms with E-state index < -0.39 is 0 Å². The summed E-state index contributed by atoms with van der Waals surface area (Å²) in [6.45, 7) is 17.2. The Morgan fingerprint density at radius 3 is 2.16 bits per heavy atom. The number of hydrogen-bond donors (Lipinski definition) is 0. The van der Waals surface area contributed by atoms with E-state index in [1.165, 1.54) is 27.8 Å². The predicted octanol–water partition coefficient (Wildman–Crippen LogP) is 5.45. The first-order valence-electron chi connectivity index (χ1n) is 7.06. The highest BCUT2D eigenvalue weighted by atomic mass is 16.5. The molecule has 1 aliphatic heterocycles. The minimum absolute atomic E-state index is 0.436. The van der Waals surface area contributed by atoms with Crippen molar-refractivity contribution in [2.45, 2.75) is 47.5 Å². The second-order valence-electron chi connectivity index (χ2n) is 6.03. The Hall–Kier alpha value is -1.50. The van der Waals surface area contributed by atoms with E-state index in [4.69, 9.17) is 4.74 Å². The zero-order valence-electron chi connectivity index (χ0n) is 12.9. The monoisotopic (exact) mass is 256 g/mol. The van der Waals surface area contributed by atoms with Gasteiger partial charge in [-0.3, -0.25) is 0 Å². The van der Waals surface area contributed by atoms with Crippen LogP contribution >= 0.6 is 0 Å². The highest BCUT2D eigenvalue weighted by Crippen LogP contribution is 2.43. The average Bonchev–Trinajstić information content (AvgIpc) is 2.29. The van der Waals surface area contributed by atoms with Crippen molar-refractivity contribution < 1.29 is 4.74 Å². The quantitative estimate of drug-likeness (QED) is 0.683. The first-order valence-corrected chi connectivity index (χ1v) is 7.06. The number of hydrogen-bond acceptors (Lipinski definition) is 1. The predicted molar refractivity (Wildman–Crippen MR) is 82.5 cm³/mol. The molecule has 0 spiro atoms. The number of allylic oxidation sites excluding steroid dienone is 2. The van der Waals surface area contributed by atoms with Gasteiger partial charge in [-0.1, -0.05) is 46.4 Å². The molecule has 1 nitrogen and oxygen atoms in total. The second kappa shape index (κ2) is 4.88. The van der Waals surface area contributed by atoms with Crippen LogP contribution in [0.15, 0.2) is 30.0 Å². The molecule has 19 heavy (non-hydrogen) atoms. The van der Waals surface area contributed by atoms with Gasteiger partial charge in [0.2, 0.25) is 0 Å². The van der Waals surface area contributed by atoms with Crippen LogP contribution in [0.4, 0.5) is 0 Å². The normalized spacial score (nSPS) is 15.1. The molecule has 0 fully saturated rings. The number of benzene rings is 1. The van der Waals surface area contributed by atoms with Crippen LogP contribution in [-0.4, -0.2) is 0 Å². The summed E-state index contributed by atoms with van der Waals surface area (Å²) in [5, 5.41) is 0. The molecule has 2 rings (SSSR count). The van der Waals surface area contributed by atoms with Crippen molar-refractivity contribution in [3.05, 3.63) is 46.7 Å². The third-order valence-electron chi connectivity index (χ3n) is 3.98. The van der Waals surface area contributed by atoms with Crippen LogP contribution in [-0.2, 0) is 0 Å². The standard InChI is InChI=1S/C18H24O/c1-10(2)15-8-9-16-12(5)17(11(3)4)14(7)19-18(16)13(15)6/h8-11H,7H2,1-6H3. The SMILES string of the molecule is C=C1Oc2c(ccc(C(C)C)c2C)C(C)=C1C(C)C. The van der Waals surface area contributed by atoms with Gasteiger partial charge in [-0.25, -0.2) is 0 Å². The topological polar surface area (TPSA) is 9.23 Å². The van der Waals surface area contributed by atoms with Crippen LogP contribution in [0.25, 0.3) is 5.57 Å². The van der Waals surface area contributed by atoms with Crippen LogP contribution in [0.2, 0.25) is 0 Å². The van der Waals surface area contributed by atoms with E-state index in [0.717, 1.165) is 11.5 Å². The lowest BCUT2D eigenvalue weighted by molar-refractivity contribution is 0.415. The van der Waals surface area contributed by atoms with Crippen molar-refractivity contribution in [1.82, 2.24) is 0 Å². The van der Waals surface area contributed by atoms with E-state index in [-0.39, 0.29) is 0 Å². The van der Waals surface area contributed by atoms with Crippen molar-refractivity contribution in [3.8, 4) is 5.75 Å². The minimum Gasteiger partial charge on any atom is -0.457 e. The molecular formula is C18H24O. The molecule has 0 saturated heterocycles. The summed E-state index contributed by atoms with van der Waals surface area (Å²) in [7, 11) is 0. The molecule has 102 valence electrons. The first kappa shape index (κ1) is 13.9. The zero-order valence-corrected chi connectivity index (χ0v) is 12.9. The van der Waals surface area contributed by atoms with Gasteiger partial charge in [0.15, 0.2) is 0 Å². The van der Waals surface area contributed by atoms with Crippen LogP contribution in [0.5, 0.6) is 5.75 Å². The molecular weight excluding hydrogens is 232 g/mol. The molecule has 1 heterocycles. The fourth-order valence-corrected chi connectivity index (χ4v) is 3.05. The smallest absolute Gasteiger partial charge is 0.138 e. The molecule has 0 N–H and O–H groups in total. The van der Waals surface area contributed by atoms with E-state index in [1.807, 2.05) is 0 Å². The summed E-state index contributed by atoms with van der Waals surface area (Å²) < 4.78 is 6.05. The molecule has 0 radical (unpaired) electrons. The Morgan fingerprint density at radius 2 is 1.63 bits per heavy atom. The van der Waals surface area contributed by atoms with Crippen molar-refractivity contribution >= 4 is 5.57 Å². The summed E-state index contributed by atoms with van der Waals surface area (Å²) in [5.74, 6) is 2.76. The lowest BCUT2D eigenvalue weighted by Gasteiger charge is -2.28.